The van der Waals surface area contributed by atoms with Crippen LogP contribution in [0.3, 0.4) is 0 Å². The summed E-state index contributed by atoms with van der Waals surface area (Å²) in [5.74, 6) is 0. The first-order chi connectivity index (χ1) is 4.24. The first-order valence-electron chi connectivity index (χ1n) is 2.95. The van der Waals surface area contributed by atoms with Crippen molar-refractivity contribution in [2.24, 2.45) is 5.73 Å². The van der Waals surface area contributed by atoms with Crippen LogP contribution in [-0.2, 0) is 4.74 Å². The van der Waals surface area contributed by atoms with Gasteiger partial charge in [-0.25, -0.2) is 0 Å². The van der Waals surface area contributed by atoms with E-state index in [1.54, 1.807) is 0 Å². The van der Waals surface area contributed by atoms with Crippen molar-refractivity contribution in [1.82, 2.24) is 0 Å². The van der Waals surface area contributed by atoms with Crippen molar-refractivity contribution >= 4 is 0 Å². The summed E-state index contributed by atoms with van der Waals surface area (Å²) in [7, 11) is 0. The molecule has 1 saturated heterocycles. The molecule has 1 unspecified atom stereocenters. The van der Waals surface area contributed by atoms with Crippen molar-refractivity contribution in [3.8, 4) is 0 Å². The number of ether oxygens (including phenoxy) is 1. The van der Waals surface area contributed by atoms with Crippen LogP contribution >= 0.6 is 0 Å². The van der Waals surface area contributed by atoms with Crippen molar-refractivity contribution in [3.05, 3.63) is 0 Å². The summed E-state index contributed by atoms with van der Waals surface area (Å²) in [6.45, 7) is 0.262. The first-order valence-corrected chi connectivity index (χ1v) is 2.95. The third-order valence-corrected chi connectivity index (χ3v) is 1.44. The molecule has 4 nitrogen and oxygen atoms in total. The van der Waals surface area contributed by atoms with Gasteiger partial charge in [0.1, 0.15) is 0 Å². The van der Waals surface area contributed by atoms with E-state index < -0.39 is 12.4 Å². The first kappa shape index (κ1) is 6.95. The van der Waals surface area contributed by atoms with Crippen molar-refractivity contribution in [1.29, 1.82) is 0 Å². The Bertz CT molecular complexity index is 98.2. The predicted molar refractivity (Wildman–Crippen MR) is 30.6 cm³/mol. The van der Waals surface area contributed by atoms with E-state index in [2.05, 4.69) is 0 Å². The van der Waals surface area contributed by atoms with Gasteiger partial charge < -0.3 is 20.7 Å². The Balaban J connectivity index is 2.38. The molecule has 9 heavy (non-hydrogen) atoms. The van der Waals surface area contributed by atoms with Crippen molar-refractivity contribution < 1.29 is 14.9 Å². The van der Waals surface area contributed by atoms with E-state index in [4.69, 9.17) is 20.7 Å². The van der Waals surface area contributed by atoms with E-state index in [-0.39, 0.29) is 19.1 Å². The molecule has 54 valence electrons. The van der Waals surface area contributed by atoms with Crippen molar-refractivity contribution in [3.63, 3.8) is 0 Å². The number of nitrogens with two attached hydrogens (primary N) is 1. The average Bonchev–Trinajstić information content (AvgIpc) is 2.10. The lowest BCUT2D eigenvalue weighted by molar-refractivity contribution is -0.0915. The Labute approximate surface area is 53.2 Å². The monoisotopic (exact) mass is 133 g/mol. The minimum atomic E-state index is -0.825. The largest absolute Gasteiger partial charge is 0.390 e. The third-order valence-electron chi connectivity index (χ3n) is 1.44. The van der Waals surface area contributed by atoms with Gasteiger partial charge >= 0.3 is 0 Å². The molecule has 0 spiro atoms. The number of rotatable bonds is 1. The molecule has 0 saturated carbocycles. The fourth-order valence-electron chi connectivity index (χ4n) is 0.919. The molecule has 1 fully saturated rings. The lowest BCUT2D eigenvalue weighted by atomic mass is 10.2. The summed E-state index contributed by atoms with van der Waals surface area (Å²) in [6, 6.07) is 0. The number of aliphatic hydroxyl groups is 2. The van der Waals surface area contributed by atoms with Crippen LogP contribution in [0.1, 0.15) is 6.42 Å². The minimum absolute atomic E-state index is 0.262. The molecule has 0 aromatic rings. The molecule has 1 aliphatic heterocycles. The second-order valence-corrected chi connectivity index (χ2v) is 2.17. The smallest absolute Gasteiger partial charge is 0.157 e. The van der Waals surface area contributed by atoms with E-state index in [0.717, 1.165) is 0 Å². The Kier molecular flexibility index (Phi) is 2.02. The highest BCUT2D eigenvalue weighted by Gasteiger charge is 2.31. The lowest BCUT2D eigenvalue weighted by Crippen LogP contribution is -2.29. The summed E-state index contributed by atoms with van der Waals surface area (Å²) < 4.78 is 4.80. The van der Waals surface area contributed by atoms with E-state index in [1.807, 2.05) is 0 Å². The Morgan fingerprint density at radius 1 is 1.56 bits per heavy atom. The summed E-state index contributed by atoms with van der Waals surface area (Å²) in [5.41, 5.74) is 5.19. The molecule has 1 rings (SSSR count). The Morgan fingerprint density at radius 3 is 2.44 bits per heavy atom. The molecule has 3 atom stereocenters. The topological polar surface area (TPSA) is 75.7 Å². The van der Waals surface area contributed by atoms with Gasteiger partial charge in [-0.2, -0.15) is 0 Å². The summed E-state index contributed by atoms with van der Waals surface area (Å²) in [6.07, 6.45) is -1.51. The van der Waals surface area contributed by atoms with Gasteiger partial charge in [-0.05, 0) is 0 Å². The maximum atomic E-state index is 8.99. The van der Waals surface area contributed by atoms with Crippen LogP contribution in [-0.4, -0.2) is 35.3 Å². The third kappa shape index (κ3) is 1.40. The van der Waals surface area contributed by atoms with E-state index in [0.29, 0.717) is 0 Å². The zero-order valence-electron chi connectivity index (χ0n) is 5.03. The van der Waals surface area contributed by atoms with Gasteiger partial charge in [0.15, 0.2) is 6.29 Å². The van der Waals surface area contributed by atoms with Gasteiger partial charge in [-0.1, -0.05) is 0 Å². The van der Waals surface area contributed by atoms with Crippen LogP contribution in [0.15, 0.2) is 0 Å². The van der Waals surface area contributed by atoms with Gasteiger partial charge in [0.25, 0.3) is 0 Å². The van der Waals surface area contributed by atoms with Crippen molar-refractivity contribution in [2.45, 2.75) is 24.9 Å². The number of hydrogen-bond acceptors (Lipinski definition) is 4. The van der Waals surface area contributed by atoms with Crippen LogP contribution in [0.5, 0.6) is 0 Å². The molecular weight excluding hydrogens is 122 g/mol. The van der Waals surface area contributed by atoms with Gasteiger partial charge in [0, 0.05) is 13.0 Å². The SMILES string of the molecule is NC[C@H]1O[C@H](O)CC1O. The van der Waals surface area contributed by atoms with Gasteiger partial charge in [-0.15, -0.1) is 0 Å². The van der Waals surface area contributed by atoms with Crippen LogP contribution in [0.4, 0.5) is 0 Å². The highest BCUT2D eigenvalue weighted by atomic mass is 16.6. The second kappa shape index (κ2) is 2.62. The Morgan fingerprint density at radius 2 is 2.22 bits per heavy atom. The fourth-order valence-corrected chi connectivity index (χ4v) is 0.919. The van der Waals surface area contributed by atoms with Crippen molar-refractivity contribution in [2.75, 3.05) is 6.54 Å². The molecule has 4 N–H and O–H groups in total. The Hall–Kier alpha value is -0.160. The molecule has 0 aromatic heterocycles. The molecule has 1 aliphatic rings. The zero-order chi connectivity index (χ0) is 6.85. The van der Waals surface area contributed by atoms with Gasteiger partial charge in [-0.3, -0.25) is 0 Å². The molecule has 0 amide bonds. The highest BCUT2D eigenvalue weighted by molar-refractivity contribution is 4.77. The molecule has 0 radical (unpaired) electrons. The number of aliphatic hydroxyl groups excluding tert-OH is 2. The quantitative estimate of drug-likeness (QED) is 0.403. The highest BCUT2D eigenvalue weighted by Crippen LogP contribution is 2.16. The molecule has 0 aromatic carbocycles. The average molecular weight is 133 g/mol. The van der Waals surface area contributed by atoms with Crippen LogP contribution in [0.2, 0.25) is 0 Å². The predicted octanol–water partition coefficient (Wildman–Crippen LogP) is -1.59. The van der Waals surface area contributed by atoms with E-state index in [9.17, 15) is 0 Å². The standard InChI is InChI=1S/C5H11NO3/c6-2-4-3(7)1-5(8)9-4/h3-5,7-8H,1-2,6H2/t3?,4-,5+/m1/s1. The second-order valence-electron chi connectivity index (χ2n) is 2.17. The normalized spacial score (nSPS) is 43.7. The lowest BCUT2D eigenvalue weighted by Gasteiger charge is -2.08. The molecule has 1 heterocycles. The minimum Gasteiger partial charge on any atom is -0.390 e. The summed E-state index contributed by atoms with van der Waals surface area (Å²) in [5, 5.41) is 17.8. The van der Waals surface area contributed by atoms with Crippen LogP contribution in [0.25, 0.3) is 0 Å². The maximum Gasteiger partial charge on any atom is 0.157 e. The van der Waals surface area contributed by atoms with E-state index >= 15 is 0 Å². The maximum absolute atomic E-state index is 8.99. The summed E-state index contributed by atoms with van der Waals surface area (Å²) in [4.78, 5) is 0. The zero-order valence-corrected chi connectivity index (χ0v) is 5.03. The van der Waals surface area contributed by atoms with Crippen LogP contribution < -0.4 is 5.73 Å². The van der Waals surface area contributed by atoms with Gasteiger partial charge in [0.05, 0.1) is 12.2 Å². The fraction of sp³-hybridized carbons (Fsp3) is 1.00. The summed E-state index contributed by atoms with van der Waals surface area (Å²) >= 11 is 0. The van der Waals surface area contributed by atoms with Crippen LogP contribution in [0, 0.1) is 0 Å². The molecular formula is C5H11NO3. The van der Waals surface area contributed by atoms with E-state index in [1.165, 1.54) is 0 Å². The molecule has 4 heteroatoms. The molecule has 0 bridgehead atoms. The number of hydrogen-bond donors (Lipinski definition) is 3. The molecule has 0 aliphatic carbocycles. The van der Waals surface area contributed by atoms with Gasteiger partial charge in [0.2, 0.25) is 0 Å².